The Morgan fingerprint density at radius 1 is 1.46 bits per heavy atom. The van der Waals surface area contributed by atoms with Crippen LogP contribution >= 0.6 is 0 Å². The molecule has 13 heavy (non-hydrogen) atoms. The summed E-state index contributed by atoms with van der Waals surface area (Å²) in [7, 11) is 0. The van der Waals surface area contributed by atoms with Gasteiger partial charge in [0.25, 0.3) is 0 Å². The van der Waals surface area contributed by atoms with Crippen molar-refractivity contribution in [1.82, 2.24) is 9.78 Å². The maximum Gasteiger partial charge on any atom is 0.0492 e. The molecule has 0 amide bonds. The fourth-order valence-electron chi connectivity index (χ4n) is 1.66. The van der Waals surface area contributed by atoms with Crippen molar-refractivity contribution in [3.8, 4) is 0 Å². The summed E-state index contributed by atoms with van der Waals surface area (Å²) in [6.07, 6.45) is 4.70. The van der Waals surface area contributed by atoms with Crippen LogP contribution in [-0.2, 0) is 12.0 Å². The Hall–Kier alpha value is -0.790. The second kappa shape index (κ2) is 2.86. The average molecular weight is 178 g/mol. The van der Waals surface area contributed by atoms with Gasteiger partial charge in [-0.15, -0.1) is 0 Å². The van der Waals surface area contributed by atoms with Crippen LogP contribution in [0.25, 0.3) is 0 Å². The molecule has 2 heteroatoms. The Morgan fingerprint density at radius 3 is 2.69 bits per heavy atom. The predicted molar refractivity (Wildman–Crippen MR) is 53.7 cm³/mol. The Balaban J connectivity index is 2.19. The van der Waals surface area contributed by atoms with Gasteiger partial charge in [0, 0.05) is 23.9 Å². The molecule has 0 N–H and O–H groups in total. The Bertz CT molecular complexity index is 289. The van der Waals surface area contributed by atoms with Gasteiger partial charge >= 0.3 is 0 Å². The highest BCUT2D eigenvalue weighted by Crippen LogP contribution is 2.32. The van der Waals surface area contributed by atoms with Crippen LogP contribution in [0.4, 0.5) is 0 Å². The van der Waals surface area contributed by atoms with Crippen molar-refractivity contribution in [2.24, 2.45) is 5.92 Å². The van der Waals surface area contributed by atoms with Crippen molar-refractivity contribution >= 4 is 0 Å². The average Bonchev–Trinajstić information content (AvgIpc) is 2.63. The molecule has 0 atom stereocenters. The van der Waals surface area contributed by atoms with Gasteiger partial charge in [0.1, 0.15) is 0 Å². The van der Waals surface area contributed by atoms with E-state index < -0.39 is 0 Å². The predicted octanol–water partition coefficient (Wildman–Crippen LogP) is 2.59. The van der Waals surface area contributed by atoms with Crippen molar-refractivity contribution in [3.63, 3.8) is 0 Å². The summed E-state index contributed by atoms with van der Waals surface area (Å²) in [5, 5.41) is 4.38. The molecule has 1 aliphatic rings. The molecule has 2 rings (SSSR count). The van der Waals surface area contributed by atoms with Gasteiger partial charge in [-0.1, -0.05) is 20.8 Å². The lowest BCUT2D eigenvalue weighted by Crippen LogP contribution is -2.19. The topological polar surface area (TPSA) is 17.8 Å². The number of aromatic nitrogens is 2. The van der Waals surface area contributed by atoms with E-state index in [1.807, 2.05) is 6.20 Å². The van der Waals surface area contributed by atoms with Crippen LogP contribution in [0.2, 0.25) is 0 Å². The Labute approximate surface area is 80.0 Å². The third-order valence-electron chi connectivity index (χ3n) is 2.61. The highest BCUT2D eigenvalue weighted by atomic mass is 15.3. The Morgan fingerprint density at radius 2 is 2.15 bits per heavy atom. The molecule has 1 saturated carbocycles. The van der Waals surface area contributed by atoms with E-state index in [1.165, 1.54) is 18.5 Å². The number of nitrogens with zero attached hydrogens (tertiary/aromatic N) is 2. The highest BCUT2D eigenvalue weighted by Gasteiger charge is 2.25. The highest BCUT2D eigenvalue weighted by molar-refractivity contribution is 5.12. The lowest BCUT2D eigenvalue weighted by atomic mass is 9.92. The van der Waals surface area contributed by atoms with Gasteiger partial charge in [0.15, 0.2) is 0 Å². The zero-order valence-electron chi connectivity index (χ0n) is 8.75. The van der Waals surface area contributed by atoms with Gasteiger partial charge < -0.3 is 0 Å². The molecular formula is C11H18N2. The van der Waals surface area contributed by atoms with E-state index >= 15 is 0 Å². The third kappa shape index (κ3) is 1.93. The minimum Gasteiger partial charge on any atom is -0.269 e. The monoisotopic (exact) mass is 178 g/mol. The standard InChI is InChI=1S/C11H18N2/c1-11(2,3)10-6-7-12-13(10)8-9-4-5-9/h6-7,9H,4-5,8H2,1-3H3. The van der Waals surface area contributed by atoms with Crippen LogP contribution in [0.5, 0.6) is 0 Å². The number of hydrogen-bond acceptors (Lipinski definition) is 1. The molecule has 0 radical (unpaired) electrons. The Kier molecular flexibility index (Phi) is 1.94. The summed E-state index contributed by atoms with van der Waals surface area (Å²) in [6.45, 7) is 7.85. The zero-order valence-corrected chi connectivity index (χ0v) is 8.75. The molecule has 1 aromatic rings. The van der Waals surface area contributed by atoms with E-state index in [-0.39, 0.29) is 5.41 Å². The first-order valence-electron chi connectivity index (χ1n) is 5.09. The van der Waals surface area contributed by atoms with E-state index in [0.29, 0.717) is 0 Å². The van der Waals surface area contributed by atoms with E-state index in [9.17, 15) is 0 Å². The van der Waals surface area contributed by atoms with Crippen LogP contribution in [0.15, 0.2) is 12.3 Å². The molecule has 2 nitrogen and oxygen atoms in total. The second-order valence-corrected chi connectivity index (χ2v) is 5.09. The summed E-state index contributed by atoms with van der Waals surface area (Å²) < 4.78 is 2.18. The maximum atomic E-state index is 4.38. The van der Waals surface area contributed by atoms with Crippen LogP contribution in [0.3, 0.4) is 0 Å². The summed E-state index contributed by atoms with van der Waals surface area (Å²) in [6, 6.07) is 2.14. The van der Waals surface area contributed by atoms with E-state index in [0.717, 1.165) is 12.5 Å². The first-order chi connectivity index (χ1) is 6.07. The first-order valence-corrected chi connectivity index (χ1v) is 5.09. The molecule has 1 aromatic heterocycles. The van der Waals surface area contributed by atoms with Gasteiger partial charge in [-0.25, -0.2) is 0 Å². The SMILES string of the molecule is CC(C)(C)c1ccnn1CC1CC1. The van der Waals surface area contributed by atoms with Gasteiger partial charge in [-0.05, 0) is 24.8 Å². The van der Waals surface area contributed by atoms with Crippen molar-refractivity contribution < 1.29 is 0 Å². The molecule has 1 aliphatic carbocycles. The number of hydrogen-bond donors (Lipinski definition) is 0. The first kappa shape index (κ1) is 8.79. The molecular weight excluding hydrogens is 160 g/mol. The summed E-state index contributed by atoms with van der Waals surface area (Å²) in [5.74, 6) is 0.904. The van der Waals surface area contributed by atoms with E-state index in [2.05, 4.69) is 36.6 Å². The summed E-state index contributed by atoms with van der Waals surface area (Å²) >= 11 is 0. The van der Waals surface area contributed by atoms with Crippen molar-refractivity contribution in [1.29, 1.82) is 0 Å². The minimum absolute atomic E-state index is 0.228. The molecule has 0 spiro atoms. The van der Waals surface area contributed by atoms with Crippen molar-refractivity contribution in [2.75, 3.05) is 0 Å². The van der Waals surface area contributed by atoms with Gasteiger partial charge in [0.2, 0.25) is 0 Å². The zero-order chi connectivity index (χ0) is 9.47. The fourth-order valence-corrected chi connectivity index (χ4v) is 1.66. The second-order valence-electron chi connectivity index (χ2n) is 5.09. The number of rotatable bonds is 2. The fraction of sp³-hybridized carbons (Fsp3) is 0.727. The normalized spacial score (nSPS) is 17.8. The molecule has 0 saturated heterocycles. The molecule has 1 fully saturated rings. The molecule has 0 aromatic carbocycles. The van der Waals surface area contributed by atoms with Crippen LogP contribution in [-0.4, -0.2) is 9.78 Å². The van der Waals surface area contributed by atoms with Gasteiger partial charge in [-0.3, -0.25) is 4.68 Å². The van der Waals surface area contributed by atoms with Crippen molar-refractivity contribution in [3.05, 3.63) is 18.0 Å². The largest absolute Gasteiger partial charge is 0.269 e. The summed E-state index contributed by atoms with van der Waals surface area (Å²) in [5.41, 5.74) is 1.59. The van der Waals surface area contributed by atoms with Crippen LogP contribution in [0.1, 0.15) is 39.3 Å². The quantitative estimate of drug-likeness (QED) is 0.680. The molecule has 0 bridgehead atoms. The molecule has 72 valence electrons. The lowest BCUT2D eigenvalue weighted by molar-refractivity contribution is 0.467. The van der Waals surface area contributed by atoms with Gasteiger partial charge in [0.05, 0.1) is 0 Å². The van der Waals surface area contributed by atoms with E-state index in [1.54, 1.807) is 0 Å². The van der Waals surface area contributed by atoms with E-state index in [4.69, 9.17) is 0 Å². The van der Waals surface area contributed by atoms with Gasteiger partial charge in [-0.2, -0.15) is 5.10 Å². The third-order valence-corrected chi connectivity index (χ3v) is 2.61. The molecule has 1 heterocycles. The van der Waals surface area contributed by atoms with Crippen LogP contribution in [0, 0.1) is 5.92 Å². The molecule has 0 aliphatic heterocycles. The maximum absolute atomic E-state index is 4.38. The smallest absolute Gasteiger partial charge is 0.0492 e. The van der Waals surface area contributed by atoms with Crippen LogP contribution < -0.4 is 0 Å². The minimum atomic E-state index is 0.228. The van der Waals surface area contributed by atoms with Crippen molar-refractivity contribution in [2.45, 2.75) is 45.6 Å². The molecule has 0 unspecified atom stereocenters. The lowest BCUT2D eigenvalue weighted by Gasteiger charge is -2.20. The summed E-state index contributed by atoms with van der Waals surface area (Å²) in [4.78, 5) is 0.